The van der Waals surface area contributed by atoms with Gasteiger partial charge in [0, 0.05) is 0 Å². The minimum atomic E-state index is -2.32. The van der Waals surface area contributed by atoms with Crippen molar-refractivity contribution in [3.05, 3.63) is 109 Å². The first-order valence-electron chi connectivity index (χ1n) is 12.2. The van der Waals surface area contributed by atoms with Crippen molar-refractivity contribution in [2.24, 2.45) is 5.92 Å². The molecule has 0 aliphatic heterocycles. The molecule has 0 saturated heterocycles. The minimum absolute atomic E-state index is 0. The second kappa shape index (κ2) is 10.8. The van der Waals surface area contributed by atoms with Gasteiger partial charge in [0.1, 0.15) is 0 Å². The van der Waals surface area contributed by atoms with E-state index in [-0.39, 0.29) is 30.2 Å². The maximum absolute atomic E-state index is 2.70. The SMILES string of the molecule is CC1=CC(C)[C](/[Zr+2](=[CH]/c2ccc(C(C)(C)C)cc2)[c]2cccc3c2Cc2ccccc2-3)=C1C.[Cl-].[Cl-]. The van der Waals surface area contributed by atoms with Crippen molar-refractivity contribution in [2.45, 2.75) is 53.4 Å². The van der Waals surface area contributed by atoms with Crippen LogP contribution in [0.3, 0.4) is 0 Å². The van der Waals surface area contributed by atoms with Crippen molar-refractivity contribution in [2.75, 3.05) is 0 Å². The first-order valence-corrected chi connectivity index (χ1v) is 16.0. The van der Waals surface area contributed by atoms with E-state index in [1.807, 2.05) is 0 Å². The Morgan fingerprint density at radius 1 is 0.829 bits per heavy atom. The number of hydrogen-bond donors (Lipinski definition) is 0. The quantitative estimate of drug-likeness (QED) is 0.345. The Morgan fingerprint density at radius 2 is 1.49 bits per heavy atom. The van der Waals surface area contributed by atoms with Crippen molar-refractivity contribution >= 4 is 6.98 Å². The summed E-state index contributed by atoms with van der Waals surface area (Å²) in [5.41, 5.74) is 12.0. The second-order valence-corrected chi connectivity index (χ2v) is 16.2. The fourth-order valence-corrected chi connectivity index (χ4v) is 13.2. The maximum atomic E-state index is 2.70. The number of benzene rings is 3. The first kappa shape index (κ1) is 28.1. The Labute approximate surface area is 231 Å². The van der Waals surface area contributed by atoms with E-state index in [2.05, 4.69) is 118 Å². The molecule has 0 nitrogen and oxygen atoms in total. The van der Waals surface area contributed by atoms with Gasteiger partial charge >= 0.3 is 208 Å². The maximum Gasteiger partial charge on any atom is -1.00 e. The average molecular weight is 581 g/mol. The molecule has 1 unspecified atom stereocenters. The number of rotatable bonds is 3. The van der Waals surface area contributed by atoms with Gasteiger partial charge in [0.25, 0.3) is 0 Å². The second-order valence-electron chi connectivity index (χ2n) is 10.8. The van der Waals surface area contributed by atoms with Gasteiger partial charge in [-0.05, 0) is 0 Å². The summed E-state index contributed by atoms with van der Waals surface area (Å²) in [6.45, 7) is 13.9. The van der Waals surface area contributed by atoms with Crippen molar-refractivity contribution in [3.8, 4) is 11.1 Å². The number of allylic oxidation sites excluding steroid dienone is 4. The molecule has 0 saturated carbocycles. The van der Waals surface area contributed by atoms with Gasteiger partial charge in [0.15, 0.2) is 0 Å². The smallest absolute Gasteiger partial charge is 1.00 e. The van der Waals surface area contributed by atoms with E-state index in [0.29, 0.717) is 5.92 Å². The fourth-order valence-electron chi connectivity index (χ4n) is 5.54. The van der Waals surface area contributed by atoms with Crippen LogP contribution in [0, 0.1) is 5.92 Å². The van der Waals surface area contributed by atoms with E-state index in [0.717, 1.165) is 6.42 Å². The van der Waals surface area contributed by atoms with E-state index in [1.165, 1.54) is 33.4 Å². The molecule has 0 bridgehead atoms. The zero-order valence-corrected chi connectivity index (χ0v) is 25.5. The van der Waals surface area contributed by atoms with Gasteiger partial charge < -0.3 is 24.8 Å². The molecule has 0 N–H and O–H groups in total. The van der Waals surface area contributed by atoms with Gasteiger partial charge in [-0.15, -0.1) is 0 Å². The normalized spacial score (nSPS) is 16.3. The van der Waals surface area contributed by atoms with Crippen molar-refractivity contribution in [1.29, 1.82) is 0 Å². The van der Waals surface area contributed by atoms with Gasteiger partial charge in [-0.1, -0.05) is 0 Å². The molecular formula is C32H34Cl2Zr. The van der Waals surface area contributed by atoms with E-state index in [9.17, 15) is 0 Å². The molecule has 0 fully saturated rings. The van der Waals surface area contributed by atoms with Crippen LogP contribution in [0.5, 0.6) is 0 Å². The summed E-state index contributed by atoms with van der Waals surface area (Å²) in [6, 6.07) is 25.5. The molecule has 2 aliphatic rings. The largest absolute Gasteiger partial charge is 1.00 e. The van der Waals surface area contributed by atoms with Crippen molar-refractivity contribution in [1.82, 2.24) is 0 Å². The Morgan fingerprint density at radius 3 is 2.11 bits per heavy atom. The van der Waals surface area contributed by atoms with E-state index in [1.54, 1.807) is 17.7 Å². The molecule has 0 spiro atoms. The Balaban J connectivity index is 0.00000171. The summed E-state index contributed by atoms with van der Waals surface area (Å²) in [5.74, 6) is 0.545. The van der Waals surface area contributed by atoms with Gasteiger partial charge in [0.05, 0.1) is 0 Å². The summed E-state index contributed by atoms with van der Waals surface area (Å²) in [5, 5.41) is 0. The van der Waals surface area contributed by atoms with Gasteiger partial charge in [0.2, 0.25) is 0 Å². The molecule has 5 rings (SSSR count). The molecule has 0 aromatic heterocycles. The van der Waals surface area contributed by atoms with Crippen LogP contribution in [-0.4, -0.2) is 3.71 Å². The Hall–Kier alpha value is -1.53. The zero-order chi connectivity index (χ0) is 23.3. The van der Waals surface area contributed by atoms with E-state index in [4.69, 9.17) is 0 Å². The van der Waals surface area contributed by atoms with Crippen LogP contribution in [0.25, 0.3) is 11.1 Å². The summed E-state index contributed by atoms with van der Waals surface area (Å²) < 4.78 is 6.11. The van der Waals surface area contributed by atoms with E-state index < -0.39 is 21.3 Å². The third kappa shape index (κ3) is 5.29. The Kier molecular flexibility index (Phi) is 8.69. The number of fused-ring (bicyclic) bond motifs is 3. The molecular weight excluding hydrogens is 546 g/mol. The van der Waals surface area contributed by atoms with E-state index >= 15 is 0 Å². The van der Waals surface area contributed by atoms with Crippen LogP contribution in [-0.2, 0) is 33.1 Å². The molecule has 1 atom stereocenters. The zero-order valence-electron chi connectivity index (χ0n) is 21.5. The van der Waals surface area contributed by atoms with Gasteiger partial charge in [-0.25, -0.2) is 0 Å². The molecule has 0 amide bonds. The van der Waals surface area contributed by atoms with Gasteiger partial charge in [-0.2, -0.15) is 0 Å². The topological polar surface area (TPSA) is 0 Å². The van der Waals surface area contributed by atoms with Crippen molar-refractivity contribution < 1.29 is 46.1 Å². The van der Waals surface area contributed by atoms with Crippen LogP contribution < -0.4 is 28.1 Å². The Bertz CT molecular complexity index is 1330. The molecule has 0 radical (unpaired) electrons. The molecule has 2 aliphatic carbocycles. The number of hydrogen-bond acceptors (Lipinski definition) is 0. The standard InChI is InChI=1S/C13H9.C11H14.C8H11.2ClH.Zr/c1-3-7-12-10(5-1)9-11-6-2-4-8-13(11)12;1-9-5-7-10(8-6-9)11(2,3)4;1-6-4-7(2)8(3)5-6;;;/h1-5,7-8H,9H2;1,5-8H,2-4H3;4,6H,1-3H3;2*1H;/q;;;;;+2/p-2. The number of halogens is 2. The predicted octanol–water partition coefficient (Wildman–Crippen LogP) is 1.53. The summed E-state index contributed by atoms with van der Waals surface area (Å²) >= 11 is -2.32. The molecule has 0 heterocycles. The third-order valence-corrected chi connectivity index (χ3v) is 15.0. The minimum Gasteiger partial charge on any atom is -1.00 e. The molecule has 3 heteroatoms. The monoisotopic (exact) mass is 578 g/mol. The first-order chi connectivity index (χ1) is 15.7. The van der Waals surface area contributed by atoms with Crippen LogP contribution in [0.15, 0.2) is 87.2 Å². The summed E-state index contributed by atoms with van der Waals surface area (Å²) in [7, 11) is 0. The van der Waals surface area contributed by atoms with Crippen LogP contribution >= 0.6 is 0 Å². The third-order valence-electron chi connectivity index (χ3n) is 7.47. The summed E-state index contributed by atoms with van der Waals surface area (Å²) in [6.07, 6.45) is 3.56. The van der Waals surface area contributed by atoms with Crippen LogP contribution in [0.2, 0.25) is 0 Å². The van der Waals surface area contributed by atoms with Crippen LogP contribution in [0.4, 0.5) is 0 Å². The summed E-state index contributed by atoms with van der Waals surface area (Å²) in [4.78, 5) is 0. The molecule has 35 heavy (non-hydrogen) atoms. The molecule has 3 aromatic carbocycles. The fraction of sp³-hybridized carbons (Fsp3) is 0.281. The van der Waals surface area contributed by atoms with Gasteiger partial charge in [-0.3, -0.25) is 0 Å². The molecule has 3 aromatic rings. The molecule has 180 valence electrons. The van der Waals surface area contributed by atoms with Crippen molar-refractivity contribution in [3.63, 3.8) is 0 Å². The average Bonchev–Trinajstić information content (AvgIpc) is 3.28. The van der Waals surface area contributed by atoms with Crippen LogP contribution in [0.1, 0.15) is 63.8 Å². The predicted molar refractivity (Wildman–Crippen MR) is 140 cm³/mol.